The molecule has 1 unspecified atom stereocenters. The molecule has 0 aromatic heterocycles. The summed E-state index contributed by atoms with van der Waals surface area (Å²) in [6.07, 6.45) is 0. The lowest BCUT2D eigenvalue weighted by Gasteiger charge is -2.26. The van der Waals surface area contributed by atoms with Crippen LogP contribution in [-0.2, 0) is 19.6 Å². The summed E-state index contributed by atoms with van der Waals surface area (Å²) in [6.45, 7) is 2.37. The fraction of sp³-hybridized carbons (Fsp3) is 0.467. The SMILES string of the molecule is COc1ccc(S(=O)(=O)N2CCOCC2)cc1C(=O)NC(C)C(=O)O. The summed E-state index contributed by atoms with van der Waals surface area (Å²) in [5, 5.41) is 11.2. The molecule has 0 saturated carbocycles. The molecule has 1 fully saturated rings. The molecule has 1 saturated heterocycles. The van der Waals surface area contributed by atoms with Gasteiger partial charge in [0.25, 0.3) is 5.91 Å². The molecule has 25 heavy (non-hydrogen) atoms. The topological polar surface area (TPSA) is 122 Å². The van der Waals surface area contributed by atoms with E-state index in [1.54, 1.807) is 0 Å². The van der Waals surface area contributed by atoms with E-state index in [9.17, 15) is 18.0 Å². The number of methoxy groups -OCH3 is 1. The first-order valence-electron chi connectivity index (χ1n) is 7.57. The zero-order valence-electron chi connectivity index (χ0n) is 13.9. The van der Waals surface area contributed by atoms with Crippen molar-refractivity contribution in [2.24, 2.45) is 0 Å². The van der Waals surface area contributed by atoms with E-state index in [1.165, 1.54) is 36.5 Å². The maximum atomic E-state index is 12.7. The number of carbonyl (C=O) groups excluding carboxylic acids is 1. The van der Waals surface area contributed by atoms with E-state index in [-0.39, 0.29) is 29.3 Å². The Bertz CT molecular complexity index is 757. The lowest BCUT2D eigenvalue weighted by molar-refractivity contribution is -0.138. The predicted molar refractivity (Wildman–Crippen MR) is 87.1 cm³/mol. The van der Waals surface area contributed by atoms with Gasteiger partial charge in [-0.1, -0.05) is 0 Å². The van der Waals surface area contributed by atoms with Crippen molar-refractivity contribution in [3.8, 4) is 5.75 Å². The average Bonchev–Trinajstić information content (AvgIpc) is 2.61. The molecular formula is C15H20N2O7S. The number of nitrogens with one attached hydrogen (secondary N) is 1. The van der Waals surface area contributed by atoms with Crippen molar-refractivity contribution in [2.75, 3.05) is 33.4 Å². The highest BCUT2D eigenvalue weighted by molar-refractivity contribution is 7.89. The number of morpholine rings is 1. The number of ether oxygens (including phenoxy) is 2. The highest BCUT2D eigenvalue weighted by Gasteiger charge is 2.28. The number of carboxylic acids is 1. The second kappa shape index (κ2) is 7.81. The summed E-state index contributed by atoms with van der Waals surface area (Å²) >= 11 is 0. The van der Waals surface area contributed by atoms with Crippen LogP contribution < -0.4 is 10.1 Å². The second-order valence-electron chi connectivity index (χ2n) is 5.41. The molecule has 0 radical (unpaired) electrons. The molecule has 1 heterocycles. The van der Waals surface area contributed by atoms with Crippen LogP contribution in [0, 0.1) is 0 Å². The molecule has 0 spiro atoms. The summed E-state index contributed by atoms with van der Waals surface area (Å²) in [4.78, 5) is 23.1. The summed E-state index contributed by atoms with van der Waals surface area (Å²) in [5.41, 5.74) is -0.0510. The first-order valence-corrected chi connectivity index (χ1v) is 9.01. The molecule has 1 aliphatic heterocycles. The molecule has 2 rings (SSSR count). The molecule has 0 bridgehead atoms. The van der Waals surface area contributed by atoms with Gasteiger partial charge in [-0.05, 0) is 25.1 Å². The molecule has 10 heteroatoms. The fourth-order valence-electron chi connectivity index (χ4n) is 2.30. The molecule has 1 amide bonds. The van der Waals surface area contributed by atoms with Gasteiger partial charge in [0.05, 0.1) is 30.8 Å². The van der Waals surface area contributed by atoms with Gasteiger partial charge in [-0.25, -0.2) is 8.42 Å². The largest absolute Gasteiger partial charge is 0.496 e. The predicted octanol–water partition coefficient (Wildman–Crippen LogP) is -0.0810. The Balaban J connectivity index is 2.36. The van der Waals surface area contributed by atoms with Gasteiger partial charge in [0.2, 0.25) is 10.0 Å². The first kappa shape index (κ1) is 19.2. The van der Waals surface area contributed by atoms with Crippen molar-refractivity contribution in [3.63, 3.8) is 0 Å². The Morgan fingerprint density at radius 3 is 2.52 bits per heavy atom. The van der Waals surface area contributed by atoms with Crippen molar-refractivity contribution in [1.29, 1.82) is 0 Å². The van der Waals surface area contributed by atoms with Gasteiger partial charge >= 0.3 is 5.97 Å². The van der Waals surface area contributed by atoms with Crippen LogP contribution in [0.2, 0.25) is 0 Å². The maximum absolute atomic E-state index is 12.7. The van der Waals surface area contributed by atoms with Crippen molar-refractivity contribution in [1.82, 2.24) is 9.62 Å². The van der Waals surface area contributed by atoms with Gasteiger partial charge in [-0.2, -0.15) is 4.31 Å². The highest BCUT2D eigenvalue weighted by Crippen LogP contribution is 2.25. The van der Waals surface area contributed by atoms with Gasteiger partial charge in [-0.3, -0.25) is 9.59 Å². The number of carbonyl (C=O) groups is 2. The van der Waals surface area contributed by atoms with Crippen molar-refractivity contribution in [3.05, 3.63) is 23.8 Å². The van der Waals surface area contributed by atoms with E-state index in [0.717, 1.165) is 0 Å². The van der Waals surface area contributed by atoms with E-state index in [0.29, 0.717) is 13.2 Å². The molecule has 1 atom stereocenters. The number of sulfonamides is 1. The van der Waals surface area contributed by atoms with Gasteiger partial charge in [0, 0.05) is 13.1 Å². The van der Waals surface area contributed by atoms with E-state index in [2.05, 4.69) is 5.32 Å². The van der Waals surface area contributed by atoms with Crippen molar-refractivity contribution < 1.29 is 32.6 Å². The quantitative estimate of drug-likeness (QED) is 0.716. The van der Waals surface area contributed by atoms with Crippen LogP contribution in [0.25, 0.3) is 0 Å². The molecule has 0 aliphatic carbocycles. The second-order valence-corrected chi connectivity index (χ2v) is 7.35. The van der Waals surface area contributed by atoms with Crippen LogP contribution in [0.1, 0.15) is 17.3 Å². The van der Waals surface area contributed by atoms with E-state index in [4.69, 9.17) is 14.6 Å². The van der Waals surface area contributed by atoms with Crippen molar-refractivity contribution >= 4 is 21.9 Å². The molecule has 1 aliphatic rings. The van der Waals surface area contributed by atoms with Gasteiger partial charge in [0.15, 0.2) is 0 Å². The van der Waals surface area contributed by atoms with Crippen LogP contribution in [0.4, 0.5) is 0 Å². The Kier molecular flexibility index (Phi) is 5.98. The van der Waals surface area contributed by atoms with Crippen molar-refractivity contribution in [2.45, 2.75) is 17.9 Å². The summed E-state index contributed by atoms with van der Waals surface area (Å²) in [5.74, 6) is -1.79. The first-order chi connectivity index (χ1) is 11.8. The number of hydrogen-bond acceptors (Lipinski definition) is 6. The number of rotatable bonds is 6. The number of carboxylic acid groups (broad SMARTS) is 1. The molecule has 1 aromatic rings. The number of hydrogen-bond donors (Lipinski definition) is 2. The Morgan fingerprint density at radius 1 is 1.32 bits per heavy atom. The van der Waals surface area contributed by atoms with Gasteiger partial charge in [-0.15, -0.1) is 0 Å². The zero-order chi connectivity index (χ0) is 18.6. The molecule has 2 N–H and O–H groups in total. The average molecular weight is 372 g/mol. The summed E-state index contributed by atoms with van der Waals surface area (Å²) in [7, 11) is -2.45. The fourth-order valence-corrected chi connectivity index (χ4v) is 3.73. The number of benzene rings is 1. The molecule has 138 valence electrons. The standard InChI is InChI=1S/C15H20N2O7S/c1-10(15(19)20)16-14(18)12-9-11(3-4-13(12)23-2)25(21,22)17-5-7-24-8-6-17/h3-4,9-10H,5-8H2,1-2H3,(H,16,18)(H,19,20). The van der Waals surface area contributed by atoms with E-state index >= 15 is 0 Å². The van der Waals surface area contributed by atoms with E-state index in [1.807, 2.05) is 0 Å². The lowest BCUT2D eigenvalue weighted by atomic mass is 10.1. The smallest absolute Gasteiger partial charge is 0.325 e. The highest BCUT2D eigenvalue weighted by atomic mass is 32.2. The minimum Gasteiger partial charge on any atom is -0.496 e. The molecule has 9 nitrogen and oxygen atoms in total. The van der Waals surface area contributed by atoms with Crippen LogP contribution in [0.3, 0.4) is 0 Å². The van der Waals surface area contributed by atoms with Crippen LogP contribution in [-0.4, -0.2) is 69.2 Å². The molecular weight excluding hydrogens is 352 g/mol. The maximum Gasteiger partial charge on any atom is 0.325 e. The monoisotopic (exact) mass is 372 g/mol. The third-order valence-corrected chi connectivity index (χ3v) is 5.64. The van der Waals surface area contributed by atoms with Crippen LogP contribution >= 0.6 is 0 Å². The number of aliphatic carboxylic acids is 1. The van der Waals surface area contributed by atoms with Gasteiger partial charge < -0.3 is 19.9 Å². The van der Waals surface area contributed by atoms with Gasteiger partial charge in [0.1, 0.15) is 11.8 Å². The molecule has 1 aromatic carbocycles. The minimum absolute atomic E-state index is 0.0510. The number of amides is 1. The lowest BCUT2D eigenvalue weighted by Crippen LogP contribution is -2.41. The number of nitrogens with zero attached hydrogens (tertiary/aromatic N) is 1. The summed E-state index contributed by atoms with van der Waals surface area (Å²) < 4.78 is 36.9. The van der Waals surface area contributed by atoms with Crippen LogP contribution in [0.15, 0.2) is 23.1 Å². The third kappa shape index (κ3) is 4.27. The van der Waals surface area contributed by atoms with Crippen LogP contribution in [0.5, 0.6) is 5.75 Å². The van der Waals surface area contributed by atoms with E-state index < -0.39 is 27.9 Å². The normalized spacial score (nSPS) is 16.9. The third-order valence-electron chi connectivity index (χ3n) is 3.74. The minimum atomic E-state index is -3.79. The zero-order valence-corrected chi connectivity index (χ0v) is 14.7. The Labute approximate surface area is 145 Å². The summed E-state index contributed by atoms with van der Waals surface area (Å²) in [6, 6.07) is 2.78. The Morgan fingerprint density at radius 2 is 1.96 bits per heavy atom. The Hall–Kier alpha value is -2.17.